The molecule has 3 rings (SSSR count). The Balaban J connectivity index is 2.00. The highest BCUT2D eigenvalue weighted by atomic mass is 16.3. The third-order valence-electron chi connectivity index (χ3n) is 5.90. The second kappa shape index (κ2) is 7.81. The average Bonchev–Trinajstić information content (AvgIpc) is 2.64. The lowest BCUT2D eigenvalue weighted by molar-refractivity contribution is -0.0837. The smallest absolute Gasteiger partial charge is 0.0942 e. The van der Waals surface area contributed by atoms with Crippen LogP contribution in [0.15, 0.2) is 54.6 Å². The Morgan fingerprint density at radius 2 is 1.58 bits per heavy atom. The second-order valence-electron chi connectivity index (χ2n) is 8.04. The van der Waals surface area contributed by atoms with E-state index in [1.54, 1.807) is 0 Å². The maximum Gasteiger partial charge on any atom is 0.0942 e. The molecule has 0 spiro atoms. The summed E-state index contributed by atoms with van der Waals surface area (Å²) < 4.78 is 0. The maximum absolute atomic E-state index is 11.9. The molecule has 2 aromatic carbocycles. The largest absolute Gasteiger partial charge is 0.385 e. The van der Waals surface area contributed by atoms with Crippen LogP contribution in [0, 0.1) is 5.92 Å². The molecule has 3 unspecified atom stereocenters. The van der Waals surface area contributed by atoms with Crippen molar-refractivity contribution in [2.24, 2.45) is 5.92 Å². The van der Waals surface area contributed by atoms with Gasteiger partial charge in [0.15, 0.2) is 0 Å². The van der Waals surface area contributed by atoms with Crippen LogP contribution in [0.5, 0.6) is 0 Å². The van der Waals surface area contributed by atoms with Gasteiger partial charge in [0.1, 0.15) is 0 Å². The van der Waals surface area contributed by atoms with E-state index in [0.29, 0.717) is 0 Å². The third kappa shape index (κ3) is 3.65. The van der Waals surface area contributed by atoms with Crippen molar-refractivity contribution < 1.29 is 5.11 Å². The van der Waals surface area contributed by atoms with E-state index in [-0.39, 0.29) is 12.0 Å². The van der Waals surface area contributed by atoms with Crippen LogP contribution in [-0.2, 0) is 5.60 Å². The van der Waals surface area contributed by atoms with Gasteiger partial charge in [-0.1, -0.05) is 55.3 Å². The Labute approximate surface area is 158 Å². The molecule has 3 nitrogen and oxygen atoms in total. The fourth-order valence-electron chi connectivity index (χ4n) is 4.55. The van der Waals surface area contributed by atoms with Crippen LogP contribution in [0.1, 0.15) is 42.9 Å². The minimum absolute atomic E-state index is 0.179. The van der Waals surface area contributed by atoms with Gasteiger partial charge in [-0.2, -0.15) is 0 Å². The molecule has 1 N–H and O–H groups in total. The summed E-state index contributed by atoms with van der Waals surface area (Å²) in [6.45, 7) is 0. The van der Waals surface area contributed by atoms with Crippen LogP contribution < -0.4 is 4.90 Å². The second-order valence-corrected chi connectivity index (χ2v) is 8.04. The number of aliphatic hydroxyl groups is 1. The van der Waals surface area contributed by atoms with Crippen LogP contribution >= 0.6 is 0 Å². The Morgan fingerprint density at radius 3 is 2.15 bits per heavy atom. The lowest BCUT2D eigenvalue weighted by atomic mass is 9.67. The van der Waals surface area contributed by atoms with E-state index >= 15 is 0 Å². The predicted octanol–water partition coefficient (Wildman–Crippen LogP) is 4.43. The van der Waals surface area contributed by atoms with Crippen molar-refractivity contribution in [1.29, 1.82) is 0 Å². The zero-order chi connectivity index (χ0) is 18.7. The van der Waals surface area contributed by atoms with Crippen molar-refractivity contribution in [1.82, 2.24) is 4.90 Å². The van der Waals surface area contributed by atoms with Crippen molar-refractivity contribution in [3.8, 4) is 0 Å². The monoisotopic (exact) mass is 352 g/mol. The Morgan fingerprint density at radius 1 is 0.923 bits per heavy atom. The van der Waals surface area contributed by atoms with Crippen molar-refractivity contribution in [3.05, 3.63) is 65.7 Å². The van der Waals surface area contributed by atoms with Gasteiger partial charge in [0.25, 0.3) is 0 Å². The Bertz CT molecular complexity index is 696. The van der Waals surface area contributed by atoms with Gasteiger partial charge in [0.2, 0.25) is 0 Å². The summed E-state index contributed by atoms with van der Waals surface area (Å²) in [6.07, 6.45) is 4.14. The molecule has 3 heteroatoms. The summed E-state index contributed by atoms with van der Waals surface area (Å²) in [6, 6.07) is 19.3. The van der Waals surface area contributed by atoms with Gasteiger partial charge in [-0.15, -0.1) is 0 Å². The van der Waals surface area contributed by atoms with Gasteiger partial charge in [-0.25, -0.2) is 0 Å². The minimum Gasteiger partial charge on any atom is -0.385 e. The van der Waals surface area contributed by atoms with Gasteiger partial charge in [0, 0.05) is 31.7 Å². The molecule has 1 saturated carbocycles. The van der Waals surface area contributed by atoms with E-state index in [9.17, 15) is 5.11 Å². The normalized spacial score (nSPS) is 24.5. The SMILES string of the molecule is CN(C)c1ccc(C2(O)CCCCC2C(c2ccccc2)N(C)C)cc1. The van der Waals surface area contributed by atoms with Crippen LogP contribution in [0.4, 0.5) is 5.69 Å². The van der Waals surface area contributed by atoms with Gasteiger partial charge in [-0.3, -0.25) is 0 Å². The zero-order valence-electron chi connectivity index (χ0n) is 16.5. The molecule has 3 atom stereocenters. The molecule has 1 fully saturated rings. The van der Waals surface area contributed by atoms with E-state index in [1.807, 2.05) is 14.1 Å². The van der Waals surface area contributed by atoms with Crippen molar-refractivity contribution in [2.75, 3.05) is 33.1 Å². The molecule has 0 aromatic heterocycles. The molecule has 0 bridgehead atoms. The molecule has 0 amide bonds. The van der Waals surface area contributed by atoms with Crippen LogP contribution in [-0.4, -0.2) is 38.2 Å². The molecule has 2 aromatic rings. The van der Waals surface area contributed by atoms with Crippen LogP contribution in [0.3, 0.4) is 0 Å². The standard InChI is InChI=1S/C23H32N2O/c1-24(2)20-15-13-19(14-16-20)23(26)17-9-8-12-21(23)22(25(3)4)18-10-6-5-7-11-18/h5-7,10-11,13-16,21-22,26H,8-9,12,17H2,1-4H3. The molecule has 1 aliphatic carbocycles. The zero-order valence-corrected chi connectivity index (χ0v) is 16.5. The highest BCUT2D eigenvalue weighted by Gasteiger charge is 2.45. The van der Waals surface area contributed by atoms with Crippen molar-refractivity contribution in [3.63, 3.8) is 0 Å². The number of benzene rings is 2. The van der Waals surface area contributed by atoms with Gasteiger partial charge in [0.05, 0.1) is 5.60 Å². The van der Waals surface area contributed by atoms with Crippen LogP contribution in [0.2, 0.25) is 0 Å². The first-order valence-electron chi connectivity index (χ1n) is 9.65. The molecule has 1 aliphatic rings. The lowest BCUT2D eigenvalue weighted by Crippen LogP contribution is -2.45. The van der Waals surface area contributed by atoms with Gasteiger partial charge < -0.3 is 14.9 Å². The summed E-state index contributed by atoms with van der Waals surface area (Å²) in [5.41, 5.74) is 2.72. The first-order chi connectivity index (χ1) is 12.4. The predicted molar refractivity (Wildman–Crippen MR) is 109 cm³/mol. The van der Waals surface area contributed by atoms with Crippen molar-refractivity contribution >= 4 is 5.69 Å². The highest BCUT2D eigenvalue weighted by Crippen LogP contribution is 2.49. The van der Waals surface area contributed by atoms with Crippen LogP contribution in [0.25, 0.3) is 0 Å². The molecule has 140 valence electrons. The fourth-order valence-corrected chi connectivity index (χ4v) is 4.55. The highest BCUT2D eigenvalue weighted by molar-refractivity contribution is 5.47. The quantitative estimate of drug-likeness (QED) is 0.862. The summed E-state index contributed by atoms with van der Waals surface area (Å²) in [7, 11) is 8.35. The average molecular weight is 353 g/mol. The minimum atomic E-state index is -0.784. The topological polar surface area (TPSA) is 26.7 Å². The molecule has 0 heterocycles. The van der Waals surface area contributed by atoms with E-state index in [1.165, 1.54) is 12.0 Å². The number of hydrogen-bond donors (Lipinski definition) is 1. The third-order valence-corrected chi connectivity index (χ3v) is 5.90. The summed E-state index contributed by atoms with van der Waals surface area (Å²) >= 11 is 0. The van der Waals surface area contributed by atoms with E-state index < -0.39 is 5.60 Å². The first-order valence-corrected chi connectivity index (χ1v) is 9.65. The van der Waals surface area contributed by atoms with E-state index in [4.69, 9.17) is 0 Å². The number of anilines is 1. The Kier molecular flexibility index (Phi) is 5.69. The molecule has 0 saturated heterocycles. The van der Waals surface area contributed by atoms with Gasteiger partial charge in [-0.05, 0) is 50.2 Å². The summed E-state index contributed by atoms with van der Waals surface area (Å²) in [5, 5.41) is 11.9. The van der Waals surface area contributed by atoms with E-state index in [0.717, 1.165) is 30.5 Å². The summed E-state index contributed by atoms with van der Waals surface area (Å²) in [4.78, 5) is 4.36. The molecular weight excluding hydrogens is 320 g/mol. The van der Waals surface area contributed by atoms with Gasteiger partial charge >= 0.3 is 0 Å². The molecule has 0 aliphatic heterocycles. The first kappa shape index (κ1) is 18.9. The lowest BCUT2D eigenvalue weighted by Gasteiger charge is -2.46. The molecular formula is C23H32N2O. The number of nitrogens with zero attached hydrogens (tertiary/aromatic N) is 2. The maximum atomic E-state index is 11.9. The Hall–Kier alpha value is -1.84. The summed E-state index contributed by atoms with van der Waals surface area (Å²) in [5.74, 6) is 0.179. The molecule has 0 radical (unpaired) electrons. The molecule has 26 heavy (non-hydrogen) atoms. The number of hydrogen-bond acceptors (Lipinski definition) is 3. The van der Waals surface area contributed by atoms with E-state index in [2.05, 4.69) is 78.5 Å². The number of rotatable bonds is 5. The fraction of sp³-hybridized carbons (Fsp3) is 0.478. The van der Waals surface area contributed by atoms with Crippen molar-refractivity contribution in [2.45, 2.75) is 37.3 Å².